The summed E-state index contributed by atoms with van der Waals surface area (Å²) >= 11 is 0. The van der Waals surface area contributed by atoms with Crippen LogP contribution in [0.3, 0.4) is 0 Å². The zero-order valence-corrected chi connectivity index (χ0v) is 12.9. The maximum Gasteiger partial charge on any atom is 0.139 e. The Labute approximate surface area is 126 Å². The SMILES string of the molecule is CC1Cc2cc(O)ccc2[C@H]2CC[C@]3(C)C(=O)CC[C@H]3[C@H]12. The van der Waals surface area contributed by atoms with Crippen LogP contribution in [-0.4, -0.2) is 10.9 Å². The van der Waals surface area contributed by atoms with Crippen LogP contribution in [-0.2, 0) is 11.2 Å². The quantitative estimate of drug-likeness (QED) is 0.780. The highest BCUT2D eigenvalue weighted by molar-refractivity contribution is 5.87. The van der Waals surface area contributed by atoms with Gasteiger partial charge in [-0.05, 0) is 72.6 Å². The van der Waals surface area contributed by atoms with Crippen molar-refractivity contribution < 1.29 is 9.90 Å². The average Bonchev–Trinajstić information content (AvgIpc) is 2.74. The highest BCUT2D eigenvalue weighted by atomic mass is 16.3. The Kier molecular flexibility index (Phi) is 2.76. The van der Waals surface area contributed by atoms with Gasteiger partial charge < -0.3 is 5.11 Å². The Hall–Kier alpha value is -1.31. The topological polar surface area (TPSA) is 37.3 Å². The number of Topliss-reactive ketones (excluding diaryl/α,β-unsaturated/α-hetero) is 1. The van der Waals surface area contributed by atoms with Gasteiger partial charge in [-0.25, -0.2) is 0 Å². The summed E-state index contributed by atoms with van der Waals surface area (Å²) in [5, 5.41) is 9.75. The number of carbonyl (C=O) groups excluding carboxylic acids is 1. The van der Waals surface area contributed by atoms with E-state index in [1.165, 1.54) is 11.1 Å². The molecule has 0 spiro atoms. The summed E-state index contributed by atoms with van der Waals surface area (Å²) in [6.45, 7) is 4.57. The molecule has 1 aromatic rings. The first-order valence-corrected chi connectivity index (χ1v) is 8.36. The van der Waals surface area contributed by atoms with Gasteiger partial charge in [-0.15, -0.1) is 0 Å². The molecule has 21 heavy (non-hydrogen) atoms. The first-order chi connectivity index (χ1) is 10.0. The van der Waals surface area contributed by atoms with E-state index in [0.29, 0.717) is 35.2 Å². The molecule has 0 heterocycles. The Morgan fingerprint density at radius 3 is 2.90 bits per heavy atom. The number of rotatable bonds is 0. The minimum Gasteiger partial charge on any atom is -0.508 e. The van der Waals surface area contributed by atoms with E-state index in [9.17, 15) is 9.90 Å². The molecule has 0 saturated heterocycles. The van der Waals surface area contributed by atoms with Crippen LogP contribution in [0.5, 0.6) is 5.75 Å². The van der Waals surface area contributed by atoms with Crippen molar-refractivity contribution in [3.05, 3.63) is 29.3 Å². The van der Waals surface area contributed by atoms with Crippen LogP contribution in [0.15, 0.2) is 18.2 Å². The van der Waals surface area contributed by atoms with E-state index in [-0.39, 0.29) is 5.41 Å². The molecule has 0 amide bonds. The van der Waals surface area contributed by atoms with Gasteiger partial charge in [0, 0.05) is 11.8 Å². The molecule has 4 rings (SSSR count). The van der Waals surface area contributed by atoms with E-state index in [1.807, 2.05) is 12.1 Å². The number of phenols is 1. The van der Waals surface area contributed by atoms with Crippen molar-refractivity contribution in [2.75, 3.05) is 0 Å². The van der Waals surface area contributed by atoms with Crippen LogP contribution in [0.4, 0.5) is 0 Å². The van der Waals surface area contributed by atoms with Gasteiger partial charge in [0.05, 0.1) is 0 Å². The second kappa shape index (κ2) is 4.34. The van der Waals surface area contributed by atoms with Gasteiger partial charge in [0.15, 0.2) is 0 Å². The molecule has 0 bridgehead atoms. The standard InChI is InChI=1S/C19H24O2/c1-11-9-12-10-13(20)3-4-14(12)15-7-8-19(2)16(18(11)15)5-6-17(19)21/h3-4,10-11,15-16,18,20H,5-9H2,1-2H3/t11?,15-,16+,18-,19+/m1/s1. The number of benzene rings is 1. The first-order valence-electron chi connectivity index (χ1n) is 8.36. The van der Waals surface area contributed by atoms with Crippen molar-refractivity contribution >= 4 is 5.78 Å². The lowest BCUT2D eigenvalue weighted by atomic mass is 9.53. The Balaban J connectivity index is 1.77. The lowest BCUT2D eigenvalue weighted by molar-refractivity contribution is -0.129. The fourth-order valence-electron chi connectivity index (χ4n) is 5.74. The molecule has 112 valence electrons. The summed E-state index contributed by atoms with van der Waals surface area (Å²) in [5.74, 6) is 3.31. The fourth-order valence-corrected chi connectivity index (χ4v) is 5.74. The molecule has 0 aliphatic heterocycles. The normalized spacial score (nSPS) is 41.3. The molecule has 0 aromatic heterocycles. The second-order valence-corrected chi connectivity index (χ2v) is 7.77. The van der Waals surface area contributed by atoms with Crippen molar-refractivity contribution in [1.29, 1.82) is 0 Å². The molecule has 1 aromatic carbocycles. The van der Waals surface area contributed by atoms with E-state index < -0.39 is 0 Å². The average molecular weight is 284 g/mol. The number of hydrogen-bond donors (Lipinski definition) is 1. The maximum absolute atomic E-state index is 12.4. The smallest absolute Gasteiger partial charge is 0.139 e. The van der Waals surface area contributed by atoms with Crippen molar-refractivity contribution in [1.82, 2.24) is 0 Å². The molecule has 2 fully saturated rings. The first kappa shape index (κ1) is 13.4. The van der Waals surface area contributed by atoms with Crippen LogP contribution < -0.4 is 0 Å². The molecule has 5 atom stereocenters. The minimum absolute atomic E-state index is 0.0517. The summed E-state index contributed by atoms with van der Waals surface area (Å²) in [6.07, 6.45) is 5.11. The predicted molar refractivity (Wildman–Crippen MR) is 82.3 cm³/mol. The lowest BCUT2D eigenvalue weighted by Crippen LogP contribution is -2.45. The molecule has 3 aliphatic rings. The van der Waals surface area contributed by atoms with E-state index >= 15 is 0 Å². The number of aromatic hydroxyl groups is 1. The third-order valence-corrected chi connectivity index (χ3v) is 6.77. The number of carbonyl (C=O) groups is 1. The molecule has 0 radical (unpaired) electrons. The van der Waals surface area contributed by atoms with E-state index in [0.717, 1.165) is 32.1 Å². The van der Waals surface area contributed by atoms with Crippen LogP contribution in [0.25, 0.3) is 0 Å². The molecular weight excluding hydrogens is 260 g/mol. The van der Waals surface area contributed by atoms with Gasteiger partial charge in [-0.1, -0.05) is 19.9 Å². The fraction of sp³-hybridized carbons (Fsp3) is 0.632. The largest absolute Gasteiger partial charge is 0.508 e. The van der Waals surface area contributed by atoms with E-state index in [2.05, 4.69) is 19.9 Å². The summed E-state index contributed by atoms with van der Waals surface area (Å²) < 4.78 is 0. The van der Waals surface area contributed by atoms with Gasteiger partial charge in [0.25, 0.3) is 0 Å². The second-order valence-electron chi connectivity index (χ2n) is 7.77. The van der Waals surface area contributed by atoms with Crippen molar-refractivity contribution in [3.63, 3.8) is 0 Å². The van der Waals surface area contributed by atoms with Crippen LogP contribution in [0.2, 0.25) is 0 Å². The zero-order chi connectivity index (χ0) is 14.8. The Morgan fingerprint density at radius 1 is 1.29 bits per heavy atom. The number of ketones is 1. The van der Waals surface area contributed by atoms with Crippen molar-refractivity contribution in [3.8, 4) is 5.75 Å². The van der Waals surface area contributed by atoms with Crippen LogP contribution in [0.1, 0.15) is 56.6 Å². The third-order valence-electron chi connectivity index (χ3n) is 6.77. The highest BCUT2D eigenvalue weighted by Crippen LogP contribution is 2.60. The molecule has 3 aliphatic carbocycles. The summed E-state index contributed by atoms with van der Waals surface area (Å²) in [6, 6.07) is 5.92. The zero-order valence-electron chi connectivity index (χ0n) is 12.9. The molecule has 2 heteroatoms. The lowest BCUT2D eigenvalue weighted by Gasteiger charge is -2.51. The minimum atomic E-state index is -0.0517. The van der Waals surface area contributed by atoms with Gasteiger partial charge in [0.2, 0.25) is 0 Å². The van der Waals surface area contributed by atoms with E-state index in [4.69, 9.17) is 0 Å². The Bertz CT molecular complexity index is 606. The number of hydrogen-bond acceptors (Lipinski definition) is 2. The van der Waals surface area contributed by atoms with E-state index in [1.54, 1.807) is 0 Å². The van der Waals surface area contributed by atoms with Crippen molar-refractivity contribution in [2.24, 2.45) is 23.2 Å². The van der Waals surface area contributed by atoms with Crippen molar-refractivity contribution in [2.45, 2.75) is 51.9 Å². The highest BCUT2D eigenvalue weighted by Gasteiger charge is 2.56. The molecule has 2 saturated carbocycles. The summed E-state index contributed by atoms with van der Waals surface area (Å²) in [4.78, 5) is 12.4. The van der Waals surface area contributed by atoms with Crippen LogP contribution in [0, 0.1) is 23.2 Å². The number of fused-ring (bicyclic) bond motifs is 5. The predicted octanol–water partition coefficient (Wildman–Crippen LogP) is 4.06. The van der Waals surface area contributed by atoms with Gasteiger partial charge >= 0.3 is 0 Å². The Morgan fingerprint density at radius 2 is 2.10 bits per heavy atom. The summed E-state index contributed by atoms with van der Waals surface area (Å²) in [7, 11) is 0. The van der Waals surface area contributed by atoms with Gasteiger partial charge in [-0.3, -0.25) is 4.79 Å². The number of phenolic OH excluding ortho intramolecular Hbond substituents is 1. The van der Waals surface area contributed by atoms with Gasteiger partial charge in [0.1, 0.15) is 11.5 Å². The molecule has 1 N–H and O–H groups in total. The van der Waals surface area contributed by atoms with Crippen LogP contribution >= 0.6 is 0 Å². The van der Waals surface area contributed by atoms with Gasteiger partial charge in [-0.2, -0.15) is 0 Å². The monoisotopic (exact) mass is 284 g/mol. The molecule has 1 unspecified atom stereocenters. The third kappa shape index (κ3) is 1.74. The molecule has 2 nitrogen and oxygen atoms in total. The molecular formula is C19H24O2. The summed E-state index contributed by atoms with van der Waals surface area (Å²) in [5.41, 5.74) is 2.72. The maximum atomic E-state index is 12.4.